The number of rotatable bonds is 4. The van der Waals surface area contributed by atoms with Crippen molar-refractivity contribution in [3.63, 3.8) is 0 Å². The predicted octanol–water partition coefficient (Wildman–Crippen LogP) is 3.40. The van der Waals surface area contributed by atoms with Crippen molar-refractivity contribution in [2.24, 2.45) is 0 Å². The molecule has 1 heterocycles. The van der Waals surface area contributed by atoms with Gasteiger partial charge < -0.3 is 9.88 Å². The number of hydrogen-bond acceptors (Lipinski definition) is 2. The first-order valence-electron chi connectivity index (χ1n) is 5.47. The van der Waals surface area contributed by atoms with Gasteiger partial charge in [0.1, 0.15) is 17.3 Å². The van der Waals surface area contributed by atoms with Gasteiger partial charge in [0.2, 0.25) is 5.95 Å². The summed E-state index contributed by atoms with van der Waals surface area (Å²) in [6, 6.07) is 3.70. The van der Waals surface area contributed by atoms with Crippen LogP contribution < -0.4 is 5.32 Å². The van der Waals surface area contributed by atoms with Crippen molar-refractivity contribution in [3.8, 4) is 0 Å². The molecule has 0 unspecified atom stereocenters. The molecule has 0 aliphatic rings. The fourth-order valence-electron chi connectivity index (χ4n) is 1.65. The van der Waals surface area contributed by atoms with Crippen LogP contribution in [0.1, 0.15) is 5.69 Å². The van der Waals surface area contributed by atoms with Gasteiger partial charge in [-0.15, -0.1) is 6.58 Å². The van der Waals surface area contributed by atoms with E-state index < -0.39 is 11.6 Å². The highest BCUT2D eigenvalue weighted by Gasteiger charge is 2.12. The predicted molar refractivity (Wildman–Crippen MR) is 66.8 cm³/mol. The van der Waals surface area contributed by atoms with Crippen LogP contribution in [0, 0.1) is 18.6 Å². The van der Waals surface area contributed by atoms with E-state index in [1.807, 2.05) is 6.92 Å². The van der Waals surface area contributed by atoms with Gasteiger partial charge in [-0.1, -0.05) is 12.1 Å². The molecule has 1 aromatic heterocycles. The largest absolute Gasteiger partial charge is 0.321 e. The molecule has 3 nitrogen and oxygen atoms in total. The molecule has 0 spiro atoms. The maximum absolute atomic E-state index is 13.5. The van der Waals surface area contributed by atoms with E-state index in [9.17, 15) is 8.78 Å². The third-order valence-corrected chi connectivity index (χ3v) is 2.42. The summed E-state index contributed by atoms with van der Waals surface area (Å²) in [5.41, 5.74) is 0.560. The molecule has 0 radical (unpaired) electrons. The SMILES string of the molecule is C=CCn1cc(C)nc1Nc1c(F)cccc1F. The lowest BCUT2D eigenvalue weighted by Crippen LogP contribution is -2.04. The molecule has 0 saturated carbocycles. The van der Waals surface area contributed by atoms with Crippen LogP contribution in [0.2, 0.25) is 0 Å². The maximum atomic E-state index is 13.5. The molecule has 18 heavy (non-hydrogen) atoms. The van der Waals surface area contributed by atoms with Crippen LogP contribution in [-0.2, 0) is 6.54 Å². The standard InChI is InChI=1S/C13H13F2N3/c1-3-7-18-8-9(2)16-13(18)17-12-10(14)5-4-6-11(12)15/h3-6,8H,1,7H2,2H3,(H,16,17). The molecule has 0 fully saturated rings. The lowest BCUT2D eigenvalue weighted by Gasteiger charge is -2.09. The van der Waals surface area contributed by atoms with E-state index in [2.05, 4.69) is 16.9 Å². The number of halogens is 2. The van der Waals surface area contributed by atoms with Gasteiger partial charge in [-0.05, 0) is 19.1 Å². The Labute approximate surface area is 104 Å². The van der Waals surface area contributed by atoms with Crippen molar-refractivity contribution >= 4 is 11.6 Å². The highest BCUT2D eigenvalue weighted by molar-refractivity contribution is 5.55. The summed E-state index contributed by atoms with van der Waals surface area (Å²) < 4.78 is 28.7. The Balaban J connectivity index is 2.36. The number of allylic oxidation sites excluding steroid dienone is 1. The smallest absolute Gasteiger partial charge is 0.208 e. The van der Waals surface area contributed by atoms with Crippen LogP contribution >= 0.6 is 0 Å². The van der Waals surface area contributed by atoms with E-state index in [0.29, 0.717) is 12.5 Å². The van der Waals surface area contributed by atoms with Crippen LogP contribution in [0.15, 0.2) is 37.1 Å². The molecule has 2 aromatic rings. The van der Waals surface area contributed by atoms with Gasteiger partial charge in [0, 0.05) is 12.7 Å². The van der Waals surface area contributed by atoms with Gasteiger partial charge in [-0.25, -0.2) is 13.8 Å². The van der Waals surface area contributed by atoms with E-state index in [0.717, 1.165) is 5.69 Å². The Bertz CT molecular complexity index is 555. The van der Waals surface area contributed by atoms with Gasteiger partial charge in [-0.2, -0.15) is 0 Å². The van der Waals surface area contributed by atoms with Crippen LogP contribution in [0.5, 0.6) is 0 Å². The molecule has 0 atom stereocenters. The van der Waals surface area contributed by atoms with Crippen molar-refractivity contribution in [1.29, 1.82) is 0 Å². The lowest BCUT2D eigenvalue weighted by molar-refractivity contribution is 0.590. The number of nitrogens with zero attached hydrogens (tertiary/aromatic N) is 2. The van der Waals surface area contributed by atoms with Crippen molar-refractivity contribution in [1.82, 2.24) is 9.55 Å². The summed E-state index contributed by atoms with van der Waals surface area (Å²) in [7, 11) is 0. The minimum atomic E-state index is -0.652. The van der Waals surface area contributed by atoms with E-state index >= 15 is 0 Å². The first-order chi connectivity index (χ1) is 8.61. The van der Waals surface area contributed by atoms with Crippen LogP contribution in [0.4, 0.5) is 20.4 Å². The number of imidazole rings is 1. The minimum absolute atomic E-state index is 0.201. The quantitative estimate of drug-likeness (QED) is 0.842. The summed E-state index contributed by atoms with van der Waals surface area (Å²) in [6.07, 6.45) is 3.47. The number of nitrogens with one attached hydrogen (secondary N) is 1. The molecule has 1 aromatic carbocycles. The van der Waals surface area contributed by atoms with Gasteiger partial charge >= 0.3 is 0 Å². The third kappa shape index (κ3) is 2.40. The van der Waals surface area contributed by atoms with Crippen molar-refractivity contribution in [2.45, 2.75) is 13.5 Å². The summed E-state index contributed by atoms with van der Waals surface area (Å²) >= 11 is 0. The van der Waals surface area contributed by atoms with E-state index in [1.54, 1.807) is 16.8 Å². The topological polar surface area (TPSA) is 29.9 Å². The van der Waals surface area contributed by atoms with Crippen molar-refractivity contribution in [3.05, 3.63) is 54.4 Å². The first-order valence-corrected chi connectivity index (χ1v) is 5.47. The lowest BCUT2D eigenvalue weighted by atomic mass is 10.3. The summed E-state index contributed by atoms with van der Waals surface area (Å²) in [5, 5.41) is 2.67. The van der Waals surface area contributed by atoms with Gasteiger partial charge in [-0.3, -0.25) is 0 Å². The zero-order chi connectivity index (χ0) is 13.1. The summed E-state index contributed by atoms with van der Waals surface area (Å²) in [5.74, 6) is -0.919. The van der Waals surface area contributed by atoms with Crippen LogP contribution in [-0.4, -0.2) is 9.55 Å². The highest BCUT2D eigenvalue weighted by Crippen LogP contribution is 2.22. The van der Waals surface area contributed by atoms with E-state index in [-0.39, 0.29) is 5.69 Å². The minimum Gasteiger partial charge on any atom is -0.321 e. The number of benzene rings is 1. The monoisotopic (exact) mass is 249 g/mol. The summed E-state index contributed by atoms with van der Waals surface area (Å²) in [4.78, 5) is 4.18. The zero-order valence-electron chi connectivity index (χ0n) is 9.95. The molecular weight excluding hydrogens is 236 g/mol. The number of hydrogen-bond donors (Lipinski definition) is 1. The van der Waals surface area contributed by atoms with Gasteiger partial charge in [0.05, 0.1) is 5.69 Å². The molecule has 5 heteroatoms. The fraction of sp³-hybridized carbons (Fsp3) is 0.154. The number of para-hydroxylation sites is 1. The highest BCUT2D eigenvalue weighted by atomic mass is 19.1. The number of aryl methyl sites for hydroxylation is 1. The van der Waals surface area contributed by atoms with Crippen LogP contribution in [0.25, 0.3) is 0 Å². The normalized spacial score (nSPS) is 10.4. The average molecular weight is 249 g/mol. The maximum Gasteiger partial charge on any atom is 0.208 e. The van der Waals surface area contributed by atoms with Gasteiger partial charge in [0.15, 0.2) is 0 Å². The van der Waals surface area contributed by atoms with Gasteiger partial charge in [0.25, 0.3) is 0 Å². The molecule has 94 valence electrons. The third-order valence-electron chi connectivity index (χ3n) is 2.42. The second-order valence-electron chi connectivity index (χ2n) is 3.87. The molecule has 1 N–H and O–H groups in total. The van der Waals surface area contributed by atoms with E-state index in [4.69, 9.17) is 0 Å². The fourth-order valence-corrected chi connectivity index (χ4v) is 1.65. The van der Waals surface area contributed by atoms with Crippen molar-refractivity contribution in [2.75, 3.05) is 5.32 Å². The van der Waals surface area contributed by atoms with E-state index in [1.165, 1.54) is 18.2 Å². The Morgan fingerprint density at radius 3 is 2.67 bits per heavy atom. The molecule has 0 amide bonds. The molecule has 0 aliphatic heterocycles. The number of aromatic nitrogens is 2. The molecule has 0 saturated heterocycles. The second-order valence-corrected chi connectivity index (χ2v) is 3.87. The Kier molecular flexibility index (Phi) is 3.41. The summed E-state index contributed by atoms with van der Waals surface area (Å²) in [6.45, 7) is 5.95. The van der Waals surface area contributed by atoms with Crippen molar-refractivity contribution < 1.29 is 8.78 Å². The molecule has 2 rings (SSSR count). The Hall–Kier alpha value is -2.17. The average Bonchev–Trinajstić information content (AvgIpc) is 2.65. The Morgan fingerprint density at radius 1 is 1.39 bits per heavy atom. The van der Waals surface area contributed by atoms with Crippen LogP contribution in [0.3, 0.4) is 0 Å². The second kappa shape index (κ2) is 5.00. The molecule has 0 aliphatic carbocycles. The Morgan fingerprint density at radius 2 is 2.06 bits per heavy atom. The molecular formula is C13H13F2N3. The molecule has 0 bridgehead atoms. The number of anilines is 2. The first kappa shape index (κ1) is 12.3. The zero-order valence-corrected chi connectivity index (χ0v) is 9.95.